The zero-order chi connectivity index (χ0) is 37.6. The van der Waals surface area contributed by atoms with Gasteiger partial charge in [0, 0.05) is 65.9 Å². The smallest absolute Gasteiger partial charge is 0.266 e. The second kappa shape index (κ2) is 16.5. The molecule has 2 aromatic heterocycles. The van der Waals surface area contributed by atoms with Crippen LogP contribution in [0.2, 0.25) is 0 Å². The SMILES string of the molecule is CNC(=O)CCN(C=O)c1ccc(C2CCN(Cc3cc(-c4cc5c(NC(C)c6cccc(C(F)F)c6F)nnc(C)c5cn4)ccc3F)CC2)cc1. The molecule has 1 saturated heterocycles. The first-order chi connectivity index (χ1) is 25.6. The van der Waals surface area contributed by atoms with Crippen LogP contribution < -0.4 is 15.5 Å². The number of amides is 2. The second-order valence-electron chi connectivity index (χ2n) is 13.3. The Balaban J connectivity index is 1.14. The van der Waals surface area contributed by atoms with Crippen molar-refractivity contribution >= 4 is 34.6 Å². The van der Waals surface area contributed by atoms with Crippen molar-refractivity contribution in [2.75, 3.05) is 36.9 Å². The molecule has 0 spiro atoms. The highest BCUT2D eigenvalue weighted by Crippen LogP contribution is 2.34. The predicted octanol–water partition coefficient (Wildman–Crippen LogP) is 7.87. The van der Waals surface area contributed by atoms with Crippen LogP contribution in [-0.2, 0) is 16.1 Å². The molecule has 5 aromatic rings. The van der Waals surface area contributed by atoms with Crippen molar-refractivity contribution in [2.45, 2.75) is 58.0 Å². The van der Waals surface area contributed by atoms with Crippen molar-refractivity contribution in [3.05, 3.63) is 113 Å². The van der Waals surface area contributed by atoms with E-state index in [-0.39, 0.29) is 23.7 Å². The minimum Gasteiger partial charge on any atom is -0.361 e. The third-order valence-corrected chi connectivity index (χ3v) is 9.97. The zero-order valence-corrected chi connectivity index (χ0v) is 29.8. The van der Waals surface area contributed by atoms with E-state index < -0.39 is 23.8 Å². The van der Waals surface area contributed by atoms with E-state index in [0.29, 0.717) is 58.1 Å². The molecule has 1 fully saturated rings. The van der Waals surface area contributed by atoms with Crippen molar-refractivity contribution in [1.82, 2.24) is 25.4 Å². The molecule has 0 bridgehead atoms. The first-order valence-corrected chi connectivity index (χ1v) is 17.6. The van der Waals surface area contributed by atoms with Gasteiger partial charge in [-0.15, -0.1) is 5.10 Å². The predicted molar refractivity (Wildman–Crippen MR) is 197 cm³/mol. The topological polar surface area (TPSA) is 103 Å². The molecule has 13 heteroatoms. The highest BCUT2D eigenvalue weighted by molar-refractivity contribution is 5.94. The number of anilines is 2. The van der Waals surface area contributed by atoms with Gasteiger partial charge in [-0.25, -0.2) is 17.6 Å². The highest BCUT2D eigenvalue weighted by Gasteiger charge is 2.23. The fraction of sp³-hybridized carbons (Fsp3) is 0.325. The number of fused-ring (bicyclic) bond motifs is 1. The summed E-state index contributed by atoms with van der Waals surface area (Å²) in [5, 5.41) is 15.6. The number of pyridine rings is 1. The molecule has 3 heterocycles. The first kappa shape index (κ1) is 37.3. The molecule has 2 amide bonds. The summed E-state index contributed by atoms with van der Waals surface area (Å²) in [7, 11) is 1.57. The van der Waals surface area contributed by atoms with Crippen LogP contribution in [0.15, 0.2) is 72.9 Å². The van der Waals surface area contributed by atoms with Crippen LogP contribution in [0.1, 0.15) is 72.5 Å². The number of rotatable bonds is 13. The van der Waals surface area contributed by atoms with Crippen LogP contribution in [0.25, 0.3) is 22.0 Å². The number of carbonyl (C=O) groups is 2. The monoisotopic (exact) mass is 727 g/mol. The molecule has 53 heavy (non-hydrogen) atoms. The summed E-state index contributed by atoms with van der Waals surface area (Å²) in [5.41, 5.74) is 3.79. The highest BCUT2D eigenvalue weighted by atomic mass is 19.3. The maximum Gasteiger partial charge on any atom is 0.266 e. The van der Waals surface area contributed by atoms with Crippen LogP contribution in [0.3, 0.4) is 0 Å². The van der Waals surface area contributed by atoms with Gasteiger partial charge in [0.2, 0.25) is 12.3 Å². The number of aryl methyl sites for hydroxylation is 1. The summed E-state index contributed by atoms with van der Waals surface area (Å²) in [6.45, 7) is 5.74. The molecule has 0 radical (unpaired) electrons. The number of likely N-dealkylation sites (tertiary alicyclic amines) is 1. The minimum atomic E-state index is -2.94. The molecular formula is C40H41F4N7O2. The maximum absolute atomic E-state index is 15.2. The summed E-state index contributed by atoms with van der Waals surface area (Å²) in [5.74, 6) is -0.739. The number of hydrogen-bond donors (Lipinski definition) is 2. The summed E-state index contributed by atoms with van der Waals surface area (Å²) in [6.07, 6.45) is 1.47. The van der Waals surface area contributed by atoms with Crippen molar-refractivity contribution in [2.24, 2.45) is 0 Å². The van der Waals surface area contributed by atoms with Gasteiger partial charge in [-0.1, -0.05) is 30.3 Å². The molecule has 0 aliphatic carbocycles. The van der Waals surface area contributed by atoms with Gasteiger partial charge in [-0.2, -0.15) is 5.10 Å². The standard InChI is InChI=1S/C40H41F4N7O2/c1-24(31-5-4-6-32(38(31)42)39(43)44)47-40-33-20-36(46-21-34(33)25(2)48-49-40)28-9-12-35(41)29(19-28)22-50-16-13-27(14-17-50)26-7-10-30(11-8-26)51(23-52)18-15-37(53)45-3/h4-12,19-21,23-24,27,39H,13-18,22H2,1-3H3,(H,45,53)(H,47,49). The number of benzene rings is 3. The van der Waals surface area contributed by atoms with E-state index in [1.54, 1.807) is 39.2 Å². The Morgan fingerprint density at radius 3 is 2.43 bits per heavy atom. The van der Waals surface area contributed by atoms with Gasteiger partial charge < -0.3 is 15.5 Å². The molecule has 3 aromatic carbocycles. The average Bonchev–Trinajstić information content (AvgIpc) is 3.17. The number of aromatic nitrogens is 3. The lowest BCUT2D eigenvalue weighted by molar-refractivity contribution is -0.120. The zero-order valence-electron chi connectivity index (χ0n) is 29.8. The molecule has 1 unspecified atom stereocenters. The van der Waals surface area contributed by atoms with E-state index in [9.17, 15) is 22.8 Å². The van der Waals surface area contributed by atoms with E-state index in [4.69, 9.17) is 0 Å². The molecule has 1 aliphatic heterocycles. The lowest BCUT2D eigenvalue weighted by Gasteiger charge is -2.32. The molecule has 276 valence electrons. The Bertz CT molecular complexity index is 2090. The van der Waals surface area contributed by atoms with Gasteiger partial charge in [-0.05, 0) is 87.7 Å². The Morgan fingerprint density at radius 1 is 1.00 bits per heavy atom. The van der Waals surface area contributed by atoms with Gasteiger partial charge >= 0.3 is 0 Å². The number of halogens is 4. The van der Waals surface area contributed by atoms with Crippen LogP contribution in [0, 0.1) is 18.6 Å². The Kier molecular flexibility index (Phi) is 11.6. The molecule has 6 rings (SSSR count). The third-order valence-electron chi connectivity index (χ3n) is 9.97. The summed E-state index contributed by atoms with van der Waals surface area (Å²) < 4.78 is 56.9. The fourth-order valence-corrected chi connectivity index (χ4v) is 6.84. The number of nitrogens with one attached hydrogen (secondary N) is 2. The number of carbonyl (C=O) groups excluding carboxylic acids is 2. The number of nitrogens with zero attached hydrogens (tertiary/aromatic N) is 5. The van der Waals surface area contributed by atoms with Crippen LogP contribution in [0.5, 0.6) is 0 Å². The van der Waals surface area contributed by atoms with E-state index in [0.717, 1.165) is 44.1 Å². The van der Waals surface area contributed by atoms with Crippen molar-refractivity contribution in [1.29, 1.82) is 0 Å². The second-order valence-corrected chi connectivity index (χ2v) is 13.3. The van der Waals surface area contributed by atoms with E-state index in [1.807, 2.05) is 30.3 Å². The number of piperidine rings is 1. The van der Waals surface area contributed by atoms with Crippen LogP contribution in [-0.4, -0.2) is 59.1 Å². The summed E-state index contributed by atoms with van der Waals surface area (Å²) >= 11 is 0. The fourth-order valence-electron chi connectivity index (χ4n) is 6.84. The quantitative estimate of drug-likeness (QED) is 0.0941. The van der Waals surface area contributed by atoms with E-state index >= 15 is 4.39 Å². The van der Waals surface area contributed by atoms with E-state index in [1.165, 1.54) is 28.7 Å². The summed E-state index contributed by atoms with van der Waals surface area (Å²) in [6, 6.07) is 17.8. The molecule has 9 nitrogen and oxygen atoms in total. The lowest BCUT2D eigenvalue weighted by atomic mass is 9.89. The van der Waals surface area contributed by atoms with Crippen LogP contribution in [0.4, 0.5) is 29.1 Å². The first-order valence-electron chi connectivity index (χ1n) is 17.6. The van der Waals surface area contributed by atoms with Gasteiger partial charge in [0.25, 0.3) is 6.43 Å². The Morgan fingerprint density at radius 2 is 1.74 bits per heavy atom. The Labute approximate surface area is 305 Å². The molecule has 1 atom stereocenters. The molecule has 1 aliphatic rings. The molecule has 2 N–H and O–H groups in total. The van der Waals surface area contributed by atoms with Crippen molar-refractivity contribution < 1.29 is 27.2 Å². The lowest BCUT2D eigenvalue weighted by Crippen LogP contribution is -2.32. The third kappa shape index (κ3) is 8.46. The Hall–Kier alpha value is -5.43. The van der Waals surface area contributed by atoms with Crippen LogP contribution >= 0.6 is 0 Å². The maximum atomic E-state index is 15.2. The van der Waals surface area contributed by atoms with Gasteiger partial charge in [-0.3, -0.25) is 19.5 Å². The van der Waals surface area contributed by atoms with Crippen molar-refractivity contribution in [3.63, 3.8) is 0 Å². The number of hydrogen-bond acceptors (Lipinski definition) is 7. The number of alkyl halides is 2. The molecule has 0 saturated carbocycles. The largest absolute Gasteiger partial charge is 0.361 e. The summed E-state index contributed by atoms with van der Waals surface area (Å²) in [4.78, 5) is 31.6. The van der Waals surface area contributed by atoms with Gasteiger partial charge in [0.15, 0.2) is 5.82 Å². The van der Waals surface area contributed by atoms with Gasteiger partial charge in [0.05, 0.1) is 23.0 Å². The minimum absolute atomic E-state index is 0.0783. The average molecular weight is 728 g/mol. The normalized spacial score (nSPS) is 14.3. The van der Waals surface area contributed by atoms with Crippen molar-refractivity contribution in [3.8, 4) is 11.3 Å². The van der Waals surface area contributed by atoms with Gasteiger partial charge in [0.1, 0.15) is 11.6 Å². The molecular weight excluding hydrogens is 686 g/mol. The van der Waals surface area contributed by atoms with E-state index in [2.05, 4.69) is 30.7 Å².